The third-order valence-corrected chi connectivity index (χ3v) is 4.44. The summed E-state index contributed by atoms with van der Waals surface area (Å²) >= 11 is 0. The van der Waals surface area contributed by atoms with E-state index in [2.05, 4.69) is 24.1 Å². The summed E-state index contributed by atoms with van der Waals surface area (Å²) in [7, 11) is 0. The van der Waals surface area contributed by atoms with Gasteiger partial charge in [-0.1, -0.05) is 20.3 Å². The molecule has 0 saturated carbocycles. The van der Waals surface area contributed by atoms with Gasteiger partial charge in [-0.3, -0.25) is 4.90 Å². The molecule has 0 aliphatic carbocycles. The van der Waals surface area contributed by atoms with Gasteiger partial charge in [-0.2, -0.15) is 0 Å². The highest BCUT2D eigenvalue weighted by Crippen LogP contribution is 2.38. The molecule has 0 bridgehead atoms. The average Bonchev–Trinajstić information content (AvgIpc) is 2.46. The highest BCUT2D eigenvalue weighted by Gasteiger charge is 2.29. The molecule has 0 aromatic heterocycles. The third-order valence-electron chi connectivity index (χ3n) is 4.44. The first-order valence-corrected chi connectivity index (χ1v) is 7.98. The second-order valence-electron chi connectivity index (χ2n) is 6.16. The molecule has 5 heteroatoms. The van der Waals surface area contributed by atoms with Crippen molar-refractivity contribution in [1.82, 2.24) is 10.2 Å². The number of aryl methyl sites for hydroxylation is 1. The van der Waals surface area contributed by atoms with Gasteiger partial charge in [0.15, 0.2) is 0 Å². The molecular weight excluding hydrogens is 303 g/mol. The second-order valence-corrected chi connectivity index (χ2v) is 6.16. The number of piperazine rings is 1. The number of phenols is 1. The number of aromatic hydroxyl groups is 1. The van der Waals surface area contributed by atoms with Crippen LogP contribution >= 0.6 is 12.4 Å². The van der Waals surface area contributed by atoms with E-state index in [0.29, 0.717) is 11.5 Å². The molecule has 0 amide bonds. The molecule has 1 fully saturated rings. The summed E-state index contributed by atoms with van der Waals surface area (Å²) in [6, 6.07) is 3.00. The van der Waals surface area contributed by atoms with Gasteiger partial charge in [-0.05, 0) is 37.0 Å². The smallest absolute Gasteiger partial charge is 0.124 e. The summed E-state index contributed by atoms with van der Waals surface area (Å²) in [4.78, 5) is 2.38. The van der Waals surface area contributed by atoms with E-state index in [1.165, 1.54) is 12.1 Å². The molecular formula is C17H28ClFN2O. The second kappa shape index (κ2) is 8.70. The van der Waals surface area contributed by atoms with Gasteiger partial charge in [0.25, 0.3) is 0 Å². The number of hydrogen-bond acceptors (Lipinski definition) is 3. The first kappa shape index (κ1) is 19.2. The minimum Gasteiger partial charge on any atom is -0.507 e. The lowest BCUT2D eigenvalue weighted by molar-refractivity contribution is 0.123. The van der Waals surface area contributed by atoms with Crippen LogP contribution in [-0.4, -0.2) is 36.2 Å². The highest BCUT2D eigenvalue weighted by molar-refractivity contribution is 5.85. The number of nitrogens with zero attached hydrogens (tertiary/aromatic N) is 1. The van der Waals surface area contributed by atoms with Gasteiger partial charge in [-0.25, -0.2) is 4.39 Å². The van der Waals surface area contributed by atoms with Gasteiger partial charge in [0.1, 0.15) is 11.6 Å². The Morgan fingerprint density at radius 3 is 2.55 bits per heavy atom. The van der Waals surface area contributed by atoms with Gasteiger partial charge in [0.05, 0.1) is 0 Å². The van der Waals surface area contributed by atoms with E-state index < -0.39 is 0 Å². The molecule has 3 nitrogen and oxygen atoms in total. The Morgan fingerprint density at radius 2 is 1.95 bits per heavy atom. The van der Waals surface area contributed by atoms with E-state index >= 15 is 0 Å². The summed E-state index contributed by atoms with van der Waals surface area (Å²) in [6.45, 7) is 9.91. The number of rotatable bonds is 5. The number of nitrogens with one attached hydrogen (secondary N) is 1. The van der Waals surface area contributed by atoms with Crippen LogP contribution in [0.5, 0.6) is 5.75 Å². The standard InChI is InChI=1S/C17H27FN2O.ClH/c1-4-5-12(2)16(20-8-6-19-7-9-20)15-11-14(18)10-13(3)17(15)21;/h10-12,16,19,21H,4-9H2,1-3H3;1H/t12?,16-;/m0./s1. The molecule has 1 aliphatic heterocycles. The fraction of sp³-hybridized carbons (Fsp3) is 0.647. The van der Waals surface area contributed by atoms with E-state index in [9.17, 15) is 9.50 Å². The minimum absolute atomic E-state index is 0. The largest absolute Gasteiger partial charge is 0.507 e. The molecule has 1 saturated heterocycles. The molecule has 2 rings (SSSR count). The lowest BCUT2D eigenvalue weighted by atomic mass is 9.87. The summed E-state index contributed by atoms with van der Waals surface area (Å²) in [5.41, 5.74) is 1.36. The SMILES string of the molecule is CCCC(C)[C@@H](c1cc(F)cc(C)c1O)N1CCNCC1.Cl. The van der Waals surface area contributed by atoms with Crippen LogP contribution in [0.1, 0.15) is 43.9 Å². The van der Waals surface area contributed by atoms with Crippen molar-refractivity contribution in [3.63, 3.8) is 0 Å². The summed E-state index contributed by atoms with van der Waals surface area (Å²) in [5.74, 6) is 0.382. The predicted octanol–water partition coefficient (Wildman–Crippen LogP) is 3.64. The minimum atomic E-state index is -0.260. The quantitative estimate of drug-likeness (QED) is 0.865. The molecule has 0 spiro atoms. The van der Waals surface area contributed by atoms with Crippen LogP contribution in [0.3, 0.4) is 0 Å². The molecule has 2 atom stereocenters. The van der Waals surface area contributed by atoms with Crippen molar-refractivity contribution in [2.45, 2.75) is 39.7 Å². The number of hydrogen-bond donors (Lipinski definition) is 2. The normalized spacial score (nSPS) is 18.5. The number of phenolic OH excluding ortho intramolecular Hbond substituents is 1. The Balaban J connectivity index is 0.00000242. The van der Waals surface area contributed by atoms with E-state index in [1.54, 1.807) is 6.92 Å². The Morgan fingerprint density at radius 1 is 1.32 bits per heavy atom. The van der Waals surface area contributed by atoms with Gasteiger partial charge in [-0.15, -0.1) is 12.4 Å². The Labute approximate surface area is 139 Å². The molecule has 2 N–H and O–H groups in total. The van der Waals surface area contributed by atoms with E-state index in [-0.39, 0.29) is 30.0 Å². The monoisotopic (exact) mass is 330 g/mol. The Hall–Kier alpha value is -0.840. The van der Waals surface area contributed by atoms with Crippen LogP contribution in [0, 0.1) is 18.7 Å². The summed E-state index contributed by atoms with van der Waals surface area (Å²) in [5, 5.41) is 13.8. The number of halogens is 2. The molecule has 1 aromatic rings. The molecule has 0 radical (unpaired) electrons. The third kappa shape index (κ3) is 4.34. The van der Waals surface area contributed by atoms with Crippen molar-refractivity contribution >= 4 is 12.4 Å². The fourth-order valence-corrected chi connectivity index (χ4v) is 3.42. The van der Waals surface area contributed by atoms with Crippen molar-refractivity contribution in [1.29, 1.82) is 0 Å². The molecule has 1 heterocycles. The van der Waals surface area contributed by atoms with E-state index in [0.717, 1.165) is 44.6 Å². The Bertz CT molecular complexity index is 478. The van der Waals surface area contributed by atoms with Gasteiger partial charge in [0.2, 0.25) is 0 Å². The van der Waals surface area contributed by atoms with Crippen molar-refractivity contribution < 1.29 is 9.50 Å². The zero-order valence-corrected chi connectivity index (χ0v) is 14.5. The predicted molar refractivity (Wildman–Crippen MR) is 91.3 cm³/mol. The van der Waals surface area contributed by atoms with Crippen LogP contribution < -0.4 is 5.32 Å². The molecule has 126 valence electrons. The average molecular weight is 331 g/mol. The lowest BCUT2D eigenvalue weighted by Crippen LogP contribution is -2.46. The maximum absolute atomic E-state index is 13.8. The zero-order chi connectivity index (χ0) is 15.4. The van der Waals surface area contributed by atoms with Crippen molar-refractivity contribution in [3.8, 4) is 5.75 Å². The van der Waals surface area contributed by atoms with Crippen LogP contribution in [0.25, 0.3) is 0 Å². The summed E-state index contributed by atoms with van der Waals surface area (Å²) < 4.78 is 13.8. The van der Waals surface area contributed by atoms with Crippen molar-refractivity contribution in [3.05, 3.63) is 29.1 Å². The van der Waals surface area contributed by atoms with Crippen molar-refractivity contribution in [2.24, 2.45) is 5.92 Å². The molecule has 1 aromatic carbocycles. The van der Waals surface area contributed by atoms with Crippen LogP contribution in [-0.2, 0) is 0 Å². The van der Waals surface area contributed by atoms with Gasteiger partial charge < -0.3 is 10.4 Å². The topological polar surface area (TPSA) is 35.5 Å². The van der Waals surface area contributed by atoms with Crippen LogP contribution in [0.4, 0.5) is 4.39 Å². The maximum atomic E-state index is 13.8. The lowest BCUT2D eigenvalue weighted by Gasteiger charge is -2.39. The molecule has 1 unspecified atom stereocenters. The van der Waals surface area contributed by atoms with Crippen LogP contribution in [0.2, 0.25) is 0 Å². The zero-order valence-electron chi connectivity index (χ0n) is 13.7. The maximum Gasteiger partial charge on any atom is 0.124 e. The summed E-state index contributed by atoms with van der Waals surface area (Å²) in [6.07, 6.45) is 2.17. The van der Waals surface area contributed by atoms with Crippen molar-refractivity contribution in [2.75, 3.05) is 26.2 Å². The molecule has 22 heavy (non-hydrogen) atoms. The van der Waals surface area contributed by atoms with Gasteiger partial charge in [0, 0.05) is 37.8 Å². The van der Waals surface area contributed by atoms with Gasteiger partial charge >= 0.3 is 0 Å². The first-order valence-electron chi connectivity index (χ1n) is 7.98. The molecule has 1 aliphatic rings. The Kier molecular flexibility index (Phi) is 7.60. The first-order chi connectivity index (χ1) is 10.0. The number of benzene rings is 1. The van der Waals surface area contributed by atoms with Crippen LogP contribution in [0.15, 0.2) is 12.1 Å². The van der Waals surface area contributed by atoms with E-state index in [4.69, 9.17) is 0 Å². The fourth-order valence-electron chi connectivity index (χ4n) is 3.42. The highest BCUT2D eigenvalue weighted by atomic mass is 35.5. The van der Waals surface area contributed by atoms with E-state index in [1.807, 2.05) is 0 Å².